The molecule has 1 atom stereocenters. The Kier molecular flexibility index (Phi) is 6.78. The molecule has 3 rings (SSSR count). The van der Waals surface area contributed by atoms with Crippen molar-refractivity contribution >= 4 is 29.2 Å². The van der Waals surface area contributed by atoms with Gasteiger partial charge in [0.15, 0.2) is 0 Å². The average molecular weight is 431 g/mol. The number of carbonyl (C=O) groups excluding carboxylic acids is 1. The third kappa shape index (κ3) is 4.35. The number of hydrogen-bond acceptors (Lipinski definition) is 4. The zero-order chi connectivity index (χ0) is 21.9. The highest BCUT2D eigenvalue weighted by atomic mass is 35.5. The molecule has 0 saturated heterocycles. The van der Waals surface area contributed by atoms with E-state index >= 15 is 0 Å². The number of nitrogens with zero attached hydrogens (tertiary/aromatic N) is 1. The molecule has 7 heteroatoms. The van der Waals surface area contributed by atoms with Crippen molar-refractivity contribution in [3.8, 4) is 0 Å². The second-order valence-corrected chi connectivity index (χ2v) is 8.37. The molecule has 1 aromatic carbocycles. The maximum absolute atomic E-state index is 12.2. The number of aromatic nitrogens is 1. The summed E-state index contributed by atoms with van der Waals surface area (Å²) in [5.74, 6) is -1.86. The number of rotatable bonds is 6. The molecule has 0 spiro atoms. The summed E-state index contributed by atoms with van der Waals surface area (Å²) < 4.78 is 0. The molecule has 1 aliphatic carbocycles. The van der Waals surface area contributed by atoms with Gasteiger partial charge in [-0.2, -0.15) is 0 Å². The van der Waals surface area contributed by atoms with E-state index in [1.807, 2.05) is 32.0 Å². The van der Waals surface area contributed by atoms with Crippen molar-refractivity contribution in [1.82, 2.24) is 4.98 Å². The summed E-state index contributed by atoms with van der Waals surface area (Å²) in [6.07, 6.45) is 6.07. The molecule has 3 N–H and O–H groups in total. The zero-order valence-corrected chi connectivity index (χ0v) is 18.0. The number of hydrogen-bond donors (Lipinski definition) is 3. The number of pyridine rings is 1. The molecule has 30 heavy (non-hydrogen) atoms. The molecule has 6 nitrogen and oxygen atoms in total. The molecule has 1 aliphatic rings. The number of carboxylic acid groups (broad SMARTS) is 1. The van der Waals surface area contributed by atoms with Gasteiger partial charge >= 0.3 is 5.97 Å². The standard InChI is InChI=1S/C23H27ClN2O4/c1-14-12-17(26-19(27)13-20(28)29)22(24)15(2)21(14)23(30,16-8-4-3-5-9-16)18-10-6-7-11-25-18/h6-7,10-12,16,30H,3-5,8-9,13H2,1-2H3,(H,26,27)(H,28,29). The summed E-state index contributed by atoms with van der Waals surface area (Å²) in [6, 6.07) is 7.21. The molecule has 0 bridgehead atoms. The minimum absolute atomic E-state index is 0.00191. The van der Waals surface area contributed by atoms with Gasteiger partial charge < -0.3 is 15.5 Å². The second-order valence-electron chi connectivity index (χ2n) is 7.99. The van der Waals surface area contributed by atoms with Gasteiger partial charge in [0.25, 0.3) is 0 Å². The fraction of sp³-hybridized carbons (Fsp3) is 0.435. The van der Waals surface area contributed by atoms with E-state index in [1.165, 1.54) is 0 Å². The van der Waals surface area contributed by atoms with Crippen LogP contribution in [0.15, 0.2) is 30.5 Å². The molecular formula is C23H27ClN2O4. The fourth-order valence-electron chi connectivity index (χ4n) is 4.62. The Labute approximate surface area is 181 Å². The number of aliphatic carboxylic acids is 1. The van der Waals surface area contributed by atoms with Crippen molar-refractivity contribution < 1.29 is 19.8 Å². The SMILES string of the molecule is Cc1cc(NC(=O)CC(=O)O)c(Cl)c(C)c1C(O)(c1ccccn1)C1CCCCC1. The van der Waals surface area contributed by atoms with Crippen LogP contribution in [0.5, 0.6) is 0 Å². The second kappa shape index (κ2) is 9.14. The Hall–Kier alpha value is -2.44. The van der Waals surface area contributed by atoms with E-state index < -0.39 is 23.9 Å². The van der Waals surface area contributed by atoms with Gasteiger partial charge in [-0.05, 0) is 67.5 Å². The maximum Gasteiger partial charge on any atom is 0.312 e. The van der Waals surface area contributed by atoms with Gasteiger partial charge in [0.1, 0.15) is 12.0 Å². The monoisotopic (exact) mass is 430 g/mol. The maximum atomic E-state index is 12.2. The number of nitrogens with one attached hydrogen (secondary N) is 1. The summed E-state index contributed by atoms with van der Waals surface area (Å²) in [6.45, 7) is 3.68. The van der Waals surface area contributed by atoms with Crippen LogP contribution in [-0.4, -0.2) is 27.1 Å². The highest BCUT2D eigenvalue weighted by molar-refractivity contribution is 6.34. The van der Waals surface area contributed by atoms with Gasteiger partial charge in [0.05, 0.1) is 16.4 Å². The van der Waals surface area contributed by atoms with Crippen LogP contribution in [0.2, 0.25) is 5.02 Å². The molecule has 160 valence electrons. The van der Waals surface area contributed by atoms with Crippen LogP contribution in [-0.2, 0) is 15.2 Å². The van der Waals surface area contributed by atoms with Crippen molar-refractivity contribution in [3.05, 3.63) is 57.9 Å². The van der Waals surface area contributed by atoms with Gasteiger partial charge in [0.2, 0.25) is 5.91 Å². The van der Waals surface area contributed by atoms with Crippen LogP contribution in [0.3, 0.4) is 0 Å². The summed E-state index contributed by atoms with van der Waals surface area (Å²) in [4.78, 5) is 27.2. The summed E-state index contributed by atoms with van der Waals surface area (Å²) in [5.41, 5.74) is 1.75. The highest BCUT2D eigenvalue weighted by Gasteiger charge is 2.44. The smallest absolute Gasteiger partial charge is 0.312 e. The Balaban J connectivity index is 2.11. The molecule has 2 aromatic rings. The molecule has 0 aliphatic heterocycles. The van der Waals surface area contributed by atoms with Gasteiger partial charge in [-0.1, -0.05) is 36.9 Å². The van der Waals surface area contributed by atoms with Crippen molar-refractivity contribution in [2.24, 2.45) is 5.92 Å². The summed E-state index contributed by atoms with van der Waals surface area (Å²) >= 11 is 6.59. The van der Waals surface area contributed by atoms with Crippen molar-refractivity contribution in [1.29, 1.82) is 0 Å². The fourth-order valence-corrected chi connectivity index (χ4v) is 4.81. The van der Waals surface area contributed by atoms with E-state index in [4.69, 9.17) is 16.7 Å². The topological polar surface area (TPSA) is 99.5 Å². The number of aryl methyl sites for hydroxylation is 1. The first-order valence-electron chi connectivity index (χ1n) is 10.2. The Morgan fingerprint density at radius 1 is 1.23 bits per heavy atom. The lowest BCUT2D eigenvalue weighted by Crippen LogP contribution is -2.40. The summed E-state index contributed by atoms with van der Waals surface area (Å²) in [7, 11) is 0. The molecule has 1 heterocycles. The van der Waals surface area contributed by atoms with E-state index in [0.29, 0.717) is 27.5 Å². The van der Waals surface area contributed by atoms with Crippen molar-refractivity contribution in [3.63, 3.8) is 0 Å². The number of aliphatic hydroxyl groups is 1. The van der Waals surface area contributed by atoms with Crippen LogP contribution in [0.25, 0.3) is 0 Å². The minimum atomic E-state index is -1.30. The molecule has 1 saturated carbocycles. The number of carboxylic acids is 1. The number of amides is 1. The van der Waals surface area contributed by atoms with Crippen LogP contribution < -0.4 is 5.32 Å². The summed E-state index contributed by atoms with van der Waals surface area (Å²) in [5, 5.41) is 23.9. The normalized spacial score (nSPS) is 16.7. The van der Waals surface area contributed by atoms with E-state index in [-0.39, 0.29) is 5.92 Å². The van der Waals surface area contributed by atoms with Gasteiger partial charge in [-0.15, -0.1) is 0 Å². The predicted octanol–water partition coefficient (Wildman–Crippen LogP) is 4.58. The van der Waals surface area contributed by atoms with Crippen LogP contribution in [0.1, 0.15) is 60.9 Å². The Morgan fingerprint density at radius 2 is 1.93 bits per heavy atom. The number of benzene rings is 1. The van der Waals surface area contributed by atoms with Crippen LogP contribution in [0.4, 0.5) is 5.69 Å². The van der Waals surface area contributed by atoms with E-state index in [0.717, 1.165) is 37.7 Å². The first kappa shape index (κ1) is 22.2. The Bertz CT molecular complexity index is 942. The number of carbonyl (C=O) groups is 2. The predicted molar refractivity (Wildman–Crippen MR) is 116 cm³/mol. The van der Waals surface area contributed by atoms with Gasteiger partial charge in [-0.3, -0.25) is 14.6 Å². The lowest BCUT2D eigenvalue weighted by molar-refractivity contribution is -0.139. The largest absolute Gasteiger partial charge is 0.481 e. The van der Waals surface area contributed by atoms with Crippen molar-refractivity contribution in [2.75, 3.05) is 5.32 Å². The number of anilines is 1. The molecule has 1 aromatic heterocycles. The van der Waals surface area contributed by atoms with Crippen LogP contribution in [0, 0.1) is 19.8 Å². The minimum Gasteiger partial charge on any atom is -0.481 e. The van der Waals surface area contributed by atoms with Gasteiger partial charge in [-0.25, -0.2) is 0 Å². The van der Waals surface area contributed by atoms with E-state index in [2.05, 4.69) is 10.3 Å². The molecule has 1 fully saturated rings. The quantitative estimate of drug-likeness (QED) is 0.582. The first-order chi connectivity index (χ1) is 14.2. The molecule has 0 radical (unpaired) electrons. The third-order valence-electron chi connectivity index (χ3n) is 5.91. The zero-order valence-electron chi connectivity index (χ0n) is 17.2. The average Bonchev–Trinajstić information content (AvgIpc) is 2.72. The number of halogens is 1. The van der Waals surface area contributed by atoms with Gasteiger partial charge in [0, 0.05) is 6.20 Å². The van der Waals surface area contributed by atoms with Crippen molar-refractivity contribution in [2.45, 2.75) is 58.0 Å². The van der Waals surface area contributed by atoms with E-state index in [1.54, 1.807) is 12.3 Å². The first-order valence-corrected chi connectivity index (χ1v) is 10.6. The molecule has 1 amide bonds. The highest BCUT2D eigenvalue weighted by Crippen LogP contribution is 2.47. The Morgan fingerprint density at radius 3 is 2.53 bits per heavy atom. The molecule has 1 unspecified atom stereocenters. The lowest BCUT2D eigenvalue weighted by atomic mass is 9.69. The van der Waals surface area contributed by atoms with E-state index in [9.17, 15) is 14.7 Å². The third-order valence-corrected chi connectivity index (χ3v) is 6.40. The molecular weight excluding hydrogens is 404 g/mol. The van der Waals surface area contributed by atoms with Crippen LogP contribution >= 0.6 is 11.6 Å². The lowest BCUT2D eigenvalue weighted by Gasteiger charge is -2.40.